The summed E-state index contributed by atoms with van der Waals surface area (Å²) in [5, 5.41) is 2.45. The van der Waals surface area contributed by atoms with Gasteiger partial charge in [-0.3, -0.25) is 4.79 Å². The van der Waals surface area contributed by atoms with Crippen molar-refractivity contribution in [2.75, 3.05) is 17.2 Å². The predicted octanol–water partition coefficient (Wildman–Crippen LogP) is 2.92. The van der Waals surface area contributed by atoms with Crippen LogP contribution in [0.2, 0.25) is 0 Å². The van der Waals surface area contributed by atoms with E-state index in [4.69, 9.17) is 10.5 Å². The van der Waals surface area contributed by atoms with E-state index in [2.05, 4.69) is 4.98 Å². The minimum Gasteiger partial charge on any atom is -0.487 e. The number of fused-ring (bicyclic) bond motifs is 1. The molecule has 1 unspecified atom stereocenters. The Bertz CT molecular complexity index is 683. The summed E-state index contributed by atoms with van der Waals surface area (Å²) in [6.07, 6.45) is 0.466. The summed E-state index contributed by atoms with van der Waals surface area (Å²) in [6, 6.07) is 5.79. The largest absolute Gasteiger partial charge is 0.487 e. The fraction of sp³-hybridized carbons (Fsp3) is 0.333. The van der Waals surface area contributed by atoms with Crippen molar-refractivity contribution in [1.82, 2.24) is 4.98 Å². The van der Waals surface area contributed by atoms with Crippen molar-refractivity contribution in [2.45, 2.75) is 26.4 Å². The van der Waals surface area contributed by atoms with Gasteiger partial charge in [0.1, 0.15) is 11.9 Å². The molecule has 0 spiro atoms. The maximum absolute atomic E-state index is 12.2. The molecule has 110 valence electrons. The van der Waals surface area contributed by atoms with Crippen molar-refractivity contribution in [2.24, 2.45) is 0 Å². The molecule has 1 atom stereocenters. The van der Waals surface area contributed by atoms with Crippen molar-refractivity contribution in [3.8, 4) is 17.0 Å². The highest BCUT2D eigenvalue weighted by Gasteiger charge is 2.27. The highest BCUT2D eigenvalue weighted by molar-refractivity contribution is 7.13. The normalized spacial score (nSPS) is 17.2. The van der Waals surface area contributed by atoms with Gasteiger partial charge in [-0.25, -0.2) is 4.98 Å². The molecule has 0 fully saturated rings. The van der Waals surface area contributed by atoms with Crippen LogP contribution in [0, 0.1) is 0 Å². The molecule has 2 aromatic rings. The number of carbonyl (C=O) groups is 1. The van der Waals surface area contributed by atoms with Gasteiger partial charge < -0.3 is 15.4 Å². The average molecular weight is 303 g/mol. The minimum absolute atomic E-state index is 0.00577. The zero-order valence-electron chi connectivity index (χ0n) is 12.0. The number of amides is 1. The maximum atomic E-state index is 12.2. The Morgan fingerprint density at radius 1 is 1.57 bits per heavy atom. The fourth-order valence-electron chi connectivity index (χ4n) is 2.44. The van der Waals surface area contributed by atoms with Gasteiger partial charge >= 0.3 is 0 Å². The number of thiazole rings is 1. The van der Waals surface area contributed by atoms with Crippen LogP contribution in [0.25, 0.3) is 11.3 Å². The first kappa shape index (κ1) is 13.9. The smallest absolute Gasteiger partial charge is 0.226 e. The number of rotatable bonds is 2. The lowest BCUT2D eigenvalue weighted by molar-refractivity contribution is -0.118. The number of hydrogen-bond donors (Lipinski definition) is 1. The van der Waals surface area contributed by atoms with Crippen LogP contribution < -0.4 is 15.4 Å². The van der Waals surface area contributed by atoms with Crippen LogP contribution in [-0.2, 0) is 4.79 Å². The average Bonchev–Trinajstić information content (AvgIpc) is 2.91. The van der Waals surface area contributed by atoms with Crippen LogP contribution in [0.3, 0.4) is 0 Å². The maximum Gasteiger partial charge on any atom is 0.226 e. The van der Waals surface area contributed by atoms with Crippen LogP contribution in [0.4, 0.5) is 10.8 Å². The molecule has 2 N–H and O–H groups in total. The molecule has 1 aromatic carbocycles. The number of benzene rings is 1. The number of carbonyl (C=O) groups excluding carboxylic acids is 1. The Morgan fingerprint density at radius 2 is 2.38 bits per heavy atom. The van der Waals surface area contributed by atoms with E-state index in [0.29, 0.717) is 18.1 Å². The second kappa shape index (κ2) is 5.37. The van der Waals surface area contributed by atoms with Gasteiger partial charge in [-0.05, 0) is 25.1 Å². The lowest BCUT2D eigenvalue weighted by atomic mass is 10.1. The lowest BCUT2D eigenvalue weighted by Gasteiger charge is -2.33. The topological polar surface area (TPSA) is 68.5 Å². The third kappa shape index (κ3) is 2.58. The quantitative estimate of drug-likeness (QED) is 0.926. The van der Waals surface area contributed by atoms with Crippen molar-refractivity contribution in [3.63, 3.8) is 0 Å². The highest BCUT2D eigenvalue weighted by atomic mass is 32.1. The molecule has 2 heterocycles. The Morgan fingerprint density at radius 3 is 3.05 bits per heavy atom. The Hall–Kier alpha value is -2.08. The van der Waals surface area contributed by atoms with Crippen molar-refractivity contribution in [1.29, 1.82) is 0 Å². The molecule has 0 radical (unpaired) electrons. The van der Waals surface area contributed by atoms with Gasteiger partial charge in [-0.2, -0.15) is 0 Å². The molecular formula is C15H17N3O2S. The van der Waals surface area contributed by atoms with Gasteiger partial charge in [0.2, 0.25) is 5.91 Å². The molecule has 0 saturated carbocycles. The van der Waals surface area contributed by atoms with Gasteiger partial charge in [0, 0.05) is 17.4 Å². The third-order valence-electron chi connectivity index (χ3n) is 3.44. The van der Waals surface area contributed by atoms with Crippen LogP contribution in [-0.4, -0.2) is 23.5 Å². The molecule has 3 rings (SSSR count). The van der Waals surface area contributed by atoms with Crippen LogP contribution >= 0.6 is 11.3 Å². The Balaban J connectivity index is 2.05. The number of nitrogens with two attached hydrogens (primary N) is 1. The number of nitrogens with zero attached hydrogens (tertiary/aromatic N) is 2. The second-order valence-corrected chi connectivity index (χ2v) is 5.93. The summed E-state index contributed by atoms with van der Waals surface area (Å²) in [7, 11) is 0. The van der Waals surface area contributed by atoms with Crippen LogP contribution in [0.5, 0.6) is 5.75 Å². The summed E-state index contributed by atoms with van der Waals surface area (Å²) < 4.78 is 5.82. The number of aromatic nitrogens is 1. The fourth-order valence-corrected chi connectivity index (χ4v) is 3.02. The SMILES string of the molecule is CCC(=O)N1CC(C)Oc2ccc(-c3csc(N)n3)cc21. The molecule has 6 heteroatoms. The van der Waals surface area contributed by atoms with E-state index < -0.39 is 0 Å². The van der Waals surface area contributed by atoms with Gasteiger partial charge in [0.15, 0.2) is 5.13 Å². The molecule has 1 amide bonds. The molecule has 0 aliphatic carbocycles. The highest BCUT2D eigenvalue weighted by Crippen LogP contribution is 2.37. The van der Waals surface area contributed by atoms with Crippen LogP contribution in [0.15, 0.2) is 23.6 Å². The molecule has 0 bridgehead atoms. The van der Waals surface area contributed by atoms with Gasteiger partial charge in [-0.15, -0.1) is 11.3 Å². The van der Waals surface area contributed by atoms with E-state index in [-0.39, 0.29) is 12.0 Å². The van der Waals surface area contributed by atoms with E-state index in [1.165, 1.54) is 11.3 Å². The minimum atomic E-state index is -0.00577. The first-order valence-corrected chi connectivity index (χ1v) is 7.79. The molecule has 1 aliphatic heterocycles. The van der Waals surface area contributed by atoms with Crippen molar-refractivity contribution >= 4 is 28.1 Å². The first-order valence-electron chi connectivity index (χ1n) is 6.91. The van der Waals surface area contributed by atoms with Crippen molar-refractivity contribution in [3.05, 3.63) is 23.6 Å². The Kier molecular flexibility index (Phi) is 3.55. The molecule has 21 heavy (non-hydrogen) atoms. The molecular weight excluding hydrogens is 286 g/mol. The summed E-state index contributed by atoms with van der Waals surface area (Å²) in [4.78, 5) is 18.2. The number of ether oxygens (including phenoxy) is 1. The first-order chi connectivity index (χ1) is 10.1. The van der Waals surface area contributed by atoms with E-state index in [1.54, 1.807) is 4.90 Å². The zero-order valence-corrected chi connectivity index (χ0v) is 12.8. The van der Waals surface area contributed by atoms with Crippen molar-refractivity contribution < 1.29 is 9.53 Å². The number of anilines is 2. The molecule has 5 nitrogen and oxygen atoms in total. The second-order valence-electron chi connectivity index (χ2n) is 5.04. The van der Waals surface area contributed by atoms with Gasteiger partial charge in [0.25, 0.3) is 0 Å². The van der Waals surface area contributed by atoms with E-state index >= 15 is 0 Å². The van der Waals surface area contributed by atoms with E-state index in [0.717, 1.165) is 22.7 Å². The number of nitrogen functional groups attached to an aromatic ring is 1. The summed E-state index contributed by atoms with van der Waals surface area (Å²) >= 11 is 1.40. The lowest BCUT2D eigenvalue weighted by Crippen LogP contribution is -2.42. The van der Waals surface area contributed by atoms with Gasteiger partial charge in [-0.1, -0.05) is 6.92 Å². The monoisotopic (exact) mass is 303 g/mol. The summed E-state index contributed by atoms with van der Waals surface area (Å²) in [5.41, 5.74) is 8.26. The van der Waals surface area contributed by atoms with E-state index in [1.807, 2.05) is 37.4 Å². The third-order valence-corrected chi connectivity index (χ3v) is 4.11. The number of hydrogen-bond acceptors (Lipinski definition) is 5. The molecule has 1 aromatic heterocycles. The summed E-state index contributed by atoms with van der Waals surface area (Å²) in [6.45, 7) is 4.41. The standard InChI is InChI=1S/C15H17N3O2S/c1-3-14(19)18-7-9(2)20-13-5-4-10(6-12(13)18)11-8-21-15(16)17-11/h4-6,8-9H,3,7H2,1-2H3,(H2,16,17). The zero-order chi connectivity index (χ0) is 15.0. The Labute approximate surface area is 127 Å². The van der Waals surface area contributed by atoms with Gasteiger partial charge in [0.05, 0.1) is 17.9 Å². The molecule has 1 aliphatic rings. The molecule has 0 saturated heterocycles. The summed E-state index contributed by atoms with van der Waals surface area (Å²) in [5.74, 6) is 0.837. The predicted molar refractivity (Wildman–Crippen MR) is 84.7 cm³/mol. The van der Waals surface area contributed by atoms with E-state index in [9.17, 15) is 4.79 Å². The van der Waals surface area contributed by atoms with Crippen LogP contribution in [0.1, 0.15) is 20.3 Å².